The molecular formula is C47H64N3O13S3+. The minimum Gasteiger partial charge on any atom is -0.491 e. The molecule has 0 atom stereocenters. The number of amides is 1. The fourth-order valence-corrected chi connectivity index (χ4v) is 10.6. The van der Waals surface area contributed by atoms with Crippen LogP contribution < -0.4 is 4.90 Å². The van der Waals surface area contributed by atoms with Gasteiger partial charge >= 0.3 is 5.97 Å². The maximum Gasteiger partial charge on any atom is 0.303 e. The Morgan fingerprint density at radius 3 is 2.15 bits per heavy atom. The molecule has 16 nitrogen and oxygen atoms in total. The number of fused-ring (bicyclic) bond motifs is 2. The van der Waals surface area contributed by atoms with Crippen molar-refractivity contribution in [2.24, 2.45) is 0 Å². The normalized spacial score (nSPS) is 18.4. The number of hydrogen-bond acceptors (Lipinski definition) is 10. The molecule has 19 heteroatoms. The number of anilines is 1. The lowest BCUT2D eigenvalue weighted by Crippen LogP contribution is -2.30. The molecule has 2 aromatic rings. The summed E-state index contributed by atoms with van der Waals surface area (Å²) in [7, 11) is -11.2. The van der Waals surface area contributed by atoms with E-state index in [1.165, 1.54) is 17.0 Å². The molecule has 4 N–H and O–H groups in total. The Balaban J connectivity index is 1.58. The van der Waals surface area contributed by atoms with Crippen LogP contribution in [0.3, 0.4) is 0 Å². The lowest BCUT2D eigenvalue weighted by Gasteiger charge is -2.28. The van der Waals surface area contributed by atoms with Gasteiger partial charge in [0.25, 0.3) is 30.4 Å². The summed E-state index contributed by atoms with van der Waals surface area (Å²) in [5.41, 5.74) is 6.87. The molecule has 0 fully saturated rings. The highest BCUT2D eigenvalue weighted by Gasteiger charge is 2.45. The molecule has 362 valence electrons. The van der Waals surface area contributed by atoms with E-state index < -0.39 is 52.9 Å². The van der Waals surface area contributed by atoms with E-state index in [-0.39, 0.29) is 61.8 Å². The molecule has 0 bridgehead atoms. The summed E-state index contributed by atoms with van der Waals surface area (Å²) in [5, 5.41) is 9.05. The molecule has 0 aromatic heterocycles. The molecule has 1 aliphatic carbocycles. The van der Waals surface area contributed by atoms with Crippen LogP contribution in [0.2, 0.25) is 0 Å². The second-order valence-electron chi connectivity index (χ2n) is 18.3. The van der Waals surface area contributed by atoms with Gasteiger partial charge in [0.1, 0.15) is 18.9 Å². The highest BCUT2D eigenvalue weighted by Crippen LogP contribution is 2.48. The standard InChI is InChI=1S/C47H63N3O13S3/c1-33-17-21-39-37(31-33)46(2,3)41(49(39)25-7-9-29-64(54,55)56)23-18-34-13-11-14-35(45(34)63-28-27-48(6)43(51)15-12-16-44(52)53)19-24-42-47(4,5)38-32-36(66(60,61)62)20-22-40(38)50(42)26-8-10-30-65(57,58)59/h17-24,31-32H,7-16,25-30H2,1-6H3,(H3-,52,53,54,55,56,57,58,59,60,61,62)/p+1. The molecule has 66 heavy (non-hydrogen) atoms. The fraction of sp³-hybridized carbons (Fsp3) is 0.511. The van der Waals surface area contributed by atoms with Crippen LogP contribution in [0.5, 0.6) is 0 Å². The minimum absolute atomic E-state index is 0.0804. The van der Waals surface area contributed by atoms with Gasteiger partial charge in [-0.1, -0.05) is 37.6 Å². The van der Waals surface area contributed by atoms with E-state index in [0.29, 0.717) is 55.8 Å². The number of carboxylic acids is 1. The second-order valence-corrected chi connectivity index (χ2v) is 22.9. The molecular weight excluding hydrogens is 911 g/mol. The predicted octanol–water partition coefficient (Wildman–Crippen LogP) is 7.29. The van der Waals surface area contributed by atoms with Crippen molar-refractivity contribution < 1.29 is 62.9 Å². The van der Waals surface area contributed by atoms with Crippen molar-refractivity contribution in [2.45, 2.75) is 115 Å². The number of carbonyl (C=O) groups is 2. The molecule has 1 amide bonds. The van der Waals surface area contributed by atoms with Gasteiger partial charge in [0.15, 0.2) is 5.71 Å². The molecule has 0 radical (unpaired) electrons. The molecule has 0 unspecified atom stereocenters. The third-order valence-corrected chi connectivity index (χ3v) is 15.0. The Bertz CT molecular complexity index is 2700. The first-order chi connectivity index (χ1) is 30.7. The summed E-state index contributed by atoms with van der Waals surface area (Å²) in [6, 6.07) is 10.7. The first kappa shape index (κ1) is 52.3. The SMILES string of the molecule is Cc1ccc2c(c1)C(C)(C)C(=CC=C1CCCC(C=CC3=[N+](CCCCS(=O)(=O)O)c4ccc(S(=O)(=O)O)cc4C3(C)C)=C1OCCN(C)C(=O)CCCC(=O)O)N2CCCCS(=O)(=O)O. The van der Waals surface area contributed by atoms with Crippen LogP contribution in [0.4, 0.5) is 11.4 Å². The number of benzene rings is 2. The summed E-state index contributed by atoms with van der Waals surface area (Å²) in [6.45, 7) is 11.4. The van der Waals surface area contributed by atoms with Gasteiger partial charge in [0, 0.05) is 67.4 Å². The summed E-state index contributed by atoms with van der Waals surface area (Å²) in [4.78, 5) is 27.4. The van der Waals surface area contributed by atoms with Crippen LogP contribution in [-0.4, -0.2) is 116 Å². The van der Waals surface area contributed by atoms with Gasteiger partial charge in [-0.25, -0.2) is 0 Å². The maximum absolute atomic E-state index is 12.9. The molecule has 3 aliphatic rings. The number of unbranched alkanes of at least 4 members (excludes halogenated alkanes) is 2. The summed E-state index contributed by atoms with van der Waals surface area (Å²) >= 11 is 0. The van der Waals surface area contributed by atoms with E-state index in [1.54, 1.807) is 13.1 Å². The summed E-state index contributed by atoms with van der Waals surface area (Å²) in [5.74, 6) is -1.31. The van der Waals surface area contributed by atoms with E-state index in [0.717, 1.165) is 45.8 Å². The van der Waals surface area contributed by atoms with Gasteiger partial charge in [-0.3, -0.25) is 23.2 Å². The average molecular weight is 975 g/mol. The highest BCUT2D eigenvalue weighted by molar-refractivity contribution is 7.86. The number of aliphatic carboxylic acids is 1. The molecule has 2 aromatic carbocycles. The van der Waals surface area contributed by atoms with Crippen molar-refractivity contribution in [3.63, 3.8) is 0 Å². The Morgan fingerprint density at radius 1 is 0.818 bits per heavy atom. The van der Waals surface area contributed by atoms with Gasteiger partial charge in [-0.05, 0) is 113 Å². The highest BCUT2D eigenvalue weighted by atomic mass is 32.2. The third kappa shape index (κ3) is 13.3. The number of rotatable bonds is 22. The van der Waals surface area contributed by atoms with E-state index in [1.807, 2.05) is 49.6 Å². The smallest absolute Gasteiger partial charge is 0.303 e. The van der Waals surface area contributed by atoms with Crippen LogP contribution in [0, 0.1) is 6.92 Å². The number of ether oxygens (including phenoxy) is 1. The minimum atomic E-state index is -4.53. The number of nitrogens with zero attached hydrogens (tertiary/aromatic N) is 3. The monoisotopic (exact) mass is 974 g/mol. The lowest BCUT2D eigenvalue weighted by molar-refractivity contribution is -0.438. The van der Waals surface area contributed by atoms with Gasteiger partial charge in [0.05, 0.1) is 28.4 Å². The fourth-order valence-electron chi connectivity index (χ4n) is 8.95. The zero-order chi connectivity index (χ0) is 48.8. The van der Waals surface area contributed by atoms with E-state index >= 15 is 0 Å². The summed E-state index contributed by atoms with van der Waals surface area (Å²) in [6.07, 6.45) is 11.6. The molecule has 0 spiro atoms. The number of carbonyl (C=O) groups excluding carboxylic acids is 1. The third-order valence-electron chi connectivity index (χ3n) is 12.5. The molecule has 2 heterocycles. The van der Waals surface area contributed by atoms with Crippen LogP contribution in [0.15, 0.2) is 88.2 Å². The van der Waals surface area contributed by atoms with Crippen molar-refractivity contribution in [2.75, 3.05) is 49.7 Å². The molecule has 0 saturated heterocycles. The molecule has 0 saturated carbocycles. The topological polar surface area (TPSA) is 236 Å². The maximum atomic E-state index is 12.9. The van der Waals surface area contributed by atoms with E-state index in [2.05, 4.69) is 37.0 Å². The zero-order valence-electron chi connectivity index (χ0n) is 38.6. The number of aryl methyl sites for hydroxylation is 1. The van der Waals surface area contributed by atoms with Crippen LogP contribution in [-0.2, 0) is 55.5 Å². The van der Waals surface area contributed by atoms with Crippen LogP contribution in [0.25, 0.3) is 0 Å². The van der Waals surface area contributed by atoms with Gasteiger partial charge in [0.2, 0.25) is 11.6 Å². The lowest BCUT2D eigenvalue weighted by atomic mass is 9.81. The number of carboxylic acid groups (broad SMARTS) is 1. The van der Waals surface area contributed by atoms with Crippen molar-refractivity contribution in [3.8, 4) is 0 Å². The first-order valence-electron chi connectivity index (χ1n) is 22.2. The number of likely N-dealkylation sites (N-methyl/N-ethyl adjacent to an activating group) is 1. The second kappa shape index (κ2) is 21.1. The van der Waals surface area contributed by atoms with Crippen molar-refractivity contribution in [3.05, 3.63) is 100.0 Å². The van der Waals surface area contributed by atoms with Crippen LogP contribution in [0.1, 0.15) is 109 Å². The van der Waals surface area contributed by atoms with Crippen molar-refractivity contribution in [1.82, 2.24) is 4.90 Å². The Labute approximate surface area is 389 Å². The van der Waals surface area contributed by atoms with Crippen molar-refractivity contribution >= 4 is 59.3 Å². The quantitative estimate of drug-likeness (QED) is 0.0516. The molecule has 2 aliphatic heterocycles. The van der Waals surface area contributed by atoms with Gasteiger partial charge in [-0.2, -0.15) is 29.8 Å². The average Bonchev–Trinajstić information content (AvgIpc) is 3.55. The van der Waals surface area contributed by atoms with E-state index in [9.17, 15) is 48.5 Å². The summed E-state index contributed by atoms with van der Waals surface area (Å²) < 4.78 is 108. The zero-order valence-corrected chi connectivity index (χ0v) is 41.1. The van der Waals surface area contributed by atoms with Crippen LogP contribution >= 0.6 is 0 Å². The van der Waals surface area contributed by atoms with Gasteiger partial charge < -0.3 is 19.6 Å². The number of hydrogen-bond donors (Lipinski definition) is 4. The first-order valence-corrected chi connectivity index (χ1v) is 26.8. The number of allylic oxidation sites excluding steroid dienone is 7. The Morgan fingerprint density at radius 2 is 1.50 bits per heavy atom. The van der Waals surface area contributed by atoms with Gasteiger partial charge in [-0.15, -0.1) is 0 Å². The van der Waals surface area contributed by atoms with Crippen molar-refractivity contribution in [1.29, 1.82) is 0 Å². The Hall–Kier alpha value is -4.66. The Kier molecular flexibility index (Phi) is 16.7. The molecule has 5 rings (SSSR count). The van der Waals surface area contributed by atoms with E-state index in [4.69, 9.17) is 9.84 Å². The predicted molar refractivity (Wildman–Crippen MR) is 253 cm³/mol. The largest absolute Gasteiger partial charge is 0.491 e.